The summed E-state index contributed by atoms with van der Waals surface area (Å²) in [5.74, 6) is 0. The molecule has 5 aromatic carbocycles. The van der Waals surface area contributed by atoms with E-state index < -0.39 is 0 Å². The van der Waals surface area contributed by atoms with Crippen LogP contribution in [0.3, 0.4) is 0 Å². The lowest BCUT2D eigenvalue weighted by Crippen LogP contribution is -2.30. The van der Waals surface area contributed by atoms with E-state index in [9.17, 15) is 0 Å². The monoisotopic (exact) mass is 494 g/mol. The Hall–Kier alpha value is -4.18. The van der Waals surface area contributed by atoms with Gasteiger partial charge in [-0.3, -0.25) is 0 Å². The van der Waals surface area contributed by atoms with Crippen molar-refractivity contribution in [1.29, 1.82) is 0 Å². The van der Waals surface area contributed by atoms with Crippen LogP contribution in [0, 0.1) is 0 Å². The van der Waals surface area contributed by atoms with Crippen LogP contribution in [0.5, 0.6) is 0 Å². The molecule has 1 aliphatic heterocycles. The lowest BCUT2D eigenvalue weighted by molar-refractivity contribution is 0.652. The molecule has 1 aliphatic rings. The van der Waals surface area contributed by atoms with Gasteiger partial charge in [-0.05, 0) is 69.3 Å². The van der Waals surface area contributed by atoms with Gasteiger partial charge in [0.25, 0.3) is 0 Å². The molecule has 0 aliphatic carbocycles. The standard InChI is InChI=1S/C34H26N2S/c1-36-33-30-22-26(17-18-31(30)37-34(33)32(35-36)25-15-9-4-10-16-25)29-20-27(23-11-5-2-6-12-23)19-28(21-29)24-13-7-3-8-14-24/h2-22,32,35H,1H3. The van der Waals surface area contributed by atoms with E-state index in [1.807, 2.05) is 11.3 Å². The molecule has 2 heterocycles. The Morgan fingerprint density at radius 1 is 0.568 bits per heavy atom. The summed E-state index contributed by atoms with van der Waals surface area (Å²) < 4.78 is 1.32. The van der Waals surface area contributed by atoms with Gasteiger partial charge in [0.2, 0.25) is 0 Å². The first kappa shape index (κ1) is 22.1. The van der Waals surface area contributed by atoms with Gasteiger partial charge >= 0.3 is 0 Å². The Morgan fingerprint density at radius 2 is 1.11 bits per heavy atom. The van der Waals surface area contributed by atoms with Crippen molar-refractivity contribution in [3.8, 4) is 33.4 Å². The third-order valence-corrected chi connectivity index (χ3v) is 8.45. The molecule has 0 fully saturated rings. The van der Waals surface area contributed by atoms with Gasteiger partial charge < -0.3 is 5.01 Å². The number of thiophene rings is 1. The third-order valence-electron chi connectivity index (χ3n) is 7.22. The van der Waals surface area contributed by atoms with Gasteiger partial charge in [-0.1, -0.05) is 97.1 Å². The van der Waals surface area contributed by atoms with Gasteiger partial charge in [0.05, 0.1) is 16.6 Å². The molecule has 7 rings (SSSR count). The minimum absolute atomic E-state index is 0.188. The maximum Gasteiger partial charge on any atom is 0.0876 e. The fourth-order valence-electron chi connectivity index (χ4n) is 5.40. The van der Waals surface area contributed by atoms with Gasteiger partial charge in [0, 0.05) is 17.1 Å². The summed E-state index contributed by atoms with van der Waals surface area (Å²) in [5.41, 5.74) is 13.6. The number of hydrogen-bond acceptors (Lipinski definition) is 3. The zero-order valence-corrected chi connectivity index (χ0v) is 21.4. The molecule has 37 heavy (non-hydrogen) atoms. The van der Waals surface area contributed by atoms with Gasteiger partial charge in [0.15, 0.2) is 0 Å². The minimum Gasteiger partial charge on any atom is -0.309 e. The molecule has 1 aromatic heterocycles. The molecule has 6 aromatic rings. The SMILES string of the molecule is CN1NC(c2ccccc2)c2sc3ccc(-c4cc(-c5ccccc5)cc(-c5ccccc5)c4)cc3c21. The molecule has 2 nitrogen and oxygen atoms in total. The Bertz CT molecular complexity index is 1650. The van der Waals surface area contributed by atoms with Crippen molar-refractivity contribution in [1.82, 2.24) is 5.43 Å². The maximum atomic E-state index is 3.67. The third kappa shape index (κ3) is 3.93. The average Bonchev–Trinajstić information content (AvgIpc) is 3.51. The largest absolute Gasteiger partial charge is 0.309 e. The van der Waals surface area contributed by atoms with Crippen LogP contribution in [-0.2, 0) is 0 Å². The molecule has 0 amide bonds. The second kappa shape index (κ2) is 9.04. The summed E-state index contributed by atoms with van der Waals surface area (Å²) in [6.45, 7) is 0. The molecule has 3 heteroatoms. The first-order valence-electron chi connectivity index (χ1n) is 12.6. The second-order valence-corrected chi connectivity index (χ2v) is 10.7. The normalized spacial score (nSPS) is 14.7. The lowest BCUT2D eigenvalue weighted by Gasteiger charge is -2.17. The fourth-order valence-corrected chi connectivity index (χ4v) is 6.69. The number of hydrazine groups is 1. The first-order chi connectivity index (χ1) is 18.2. The van der Waals surface area contributed by atoms with Crippen molar-refractivity contribution in [3.05, 3.63) is 138 Å². The van der Waals surface area contributed by atoms with Crippen molar-refractivity contribution < 1.29 is 0 Å². The average molecular weight is 495 g/mol. The summed E-state index contributed by atoms with van der Waals surface area (Å²) >= 11 is 1.89. The molecule has 0 radical (unpaired) electrons. The van der Waals surface area contributed by atoms with Crippen LogP contribution >= 0.6 is 11.3 Å². The molecule has 0 spiro atoms. The number of anilines is 1. The van der Waals surface area contributed by atoms with Crippen LogP contribution in [0.2, 0.25) is 0 Å². The highest BCUT2D eigenvalue weighted by Crippen LogP contribution is 2.48. The van der Waals surface area contributed by atoms with Crippen LogP contribution in [0.1, 0.15) is 16.5 Å². The van der Waals surface area contributed by atoms with E-state index in [0.717, 1.165) is 0 Å². The molecule has 1 unspecified atom stereocenters. The zero-order chi connectivity index (χ0) is 24.8. The number of benzene rings is 5. The highest BCUT2D eigenvalue weighted by molar-refractivity contribution is 7.20. The molecule has 0 bridgehead atoms. The minimum atomic E-state index is 0.188. The Balaban J connectivity index is 1.38. The molecule has 0 saturated carbocycles. The van der Waals surface area contributed by atoms with Gasteiger partial charge in [0.1, 0.15) is 0 Å². The van der Waals surface area contributed by atoms with Crippen molar-refractivity contribution in [2.75, 3.05) is 12.1 Å². The molecule has 0 saturated heterocycles. The molecular formula is C34H26N2S. The van der Waals surface area contributed by atoms with Gasteiger partial charge in [-0.2, -0.15) is 0 Å². The van der Waals surface area contributed by atoms with E-state index in [4.69, 9.17) is 0 Å². The Labute approximate surface area is 221 Å². The number of nitrogens with one attached hydrogen (secondary N) is 1. The second-order valence-electron chi connectivity index (χ2n) is 9.59. The number of hydrogen-bond donors (Lipinski definition) is 1. The van der Waals surface area contributed by atoms with Crippen molar-refractivity contribution >= 4 is 27.1 Å². The van der Waals surface area contributed by atoms with E-state index in [-0.39, 0.29) is 6.04 Å². The molecule has 1 N–H and O–H groups in total. The molecule has 178 valence electrons. The predicted octanol–water partition coefficient (Wildman–Crippen LogP) is 8.95. The predicted molar refractivity (Wildman–Crippen MR) is 158 cm³/mol. The van der Waals surface area contributed by atoms with Gasteiger partial charge in [-0.15, -0.1) is 11.3 Å². The number of fused-ring (bicyclic) bond motifs is 3. The Kier molecular flexibility index (Phi) is 5.39. The Morgan fingerprint density at radius 3 is 1.70 bits per heavy atom. The van der Waals surface area contributed by atoms with Crippen LogP contribution < -0.4 is 10.4 Å². The van der Waals surface area contributed by atoms with E-state index in [1.165, 1.54) is 59.6 Å². The van der Waals surface area contributed by atoms with E-state index in [1.54, 1.807) is 0 Å². The van der Waals surface area contributed by atoms with Gasteiger partial charge in [-0.25, -0.2) is 5.43 Å². The zero-order valence-electron chi connectivity index (χ0n) is 20.6. The molecular weight excluding hydrogens is 468 g/mol. The van der Waals surface area contributed by atoms with E-state index in [2.05, 4.69) is 145 Å². The van der Waals surface area contributed by atoms with Crippen LogP contribution in [0.4, 0.5) is 5.69 Å². The summed E-state index contributed by atoms with van der Waals surface area (Å²) in [5, 5.41) is 3.50. The van der Waals surface area contributed by atoms with E-state index in [0.29, 0.717) is 0 Å². The van der Waals surface area contributed by atoms with Crippen molar-refractivity contribution in [3.63, 3.8) is 0 Å². The highest BCUT2D eigenvalue weighted by atomic mass is 32.1. The van der Waals surface area contributed by atoms with E-state index >= 15 is 0 Å². The van der Waals surface area contributed by atoms with Crippen LogP contribution in [0.15, 0.2) is 127 Å². The summed E-state index contributed by atoms with van der Waals surface area (Å²) in [6.07, 6.45) is 0. The van der Waals surface area contributed by atoms with Crippen molar-refractivity contribution in [2.45, 2.75) is 6.04 Å². The number of rotatable bonds is 4. The first-order valence-corrected chi connectivity index (χ1v) is 13.4. The maximum absolute atomic E-state index is 3.67. The van der Waals surface area contributed by atoms with Crippen molar-refractivity contribution in [2.24, 2.45) is 0 Å². The number of nitrogens with zero attached hydrogens (tertiary/aromatic N) is 1. The fraction of sp³-hybridized carbons (Fsp3) is 0.0588. The highest BCUT2D eigenvalue weighted by Gasteiger charge is 2.31. The smallest absolute Gasteiger partial charge is 0.0876 e. The topological polar surface area (TPSA) is 15.3 Å². The lowest BCUT2D eigenvalue weighted by atomic mass is 9.93. The summed E-state index contributed by atoms with van der Waals surface area (Å²) in [6, 6.07) is 46.1. The van der Waals surface area contributed by atoms with Crippen LogP contribution in [-0.4, -0.2) is 7.05 Å². The molecule has 1 atom stereocenters. The van der Waals surface area contributed by atoms with Crippen LogP contribution in [0.25, 0.3) is 43.5 Å². The summed E-state index contributed by atoms with van der Waals surface area (Å²) in [4.78, 5) is 1.38. The summed E-state index contributed by atoms with van der Waals surface area (Å²) in [7, 11) is 2.13. The quantitative estimate of drug-likeness (QED) is 0.263.